The van der Waals surface area contributed by atoms with Crippen LogP contribution in [-0.4, -0.2) is 43.3 Å². The van der Waals surface area contributed by atoms with Crippen LogP contribution in [-0.2, 0) is 14.6 Å². The molecular formula is C18H29NO3S. The largest absolute Gasteiger partial charge is 0.342 e. The van der Waals surface area contributed by atoms with Gasteiger partial charge in [0.15, 0.2) is 9.84 Å². The molecule has 0 spiro atoms. The molecule has 4 aliphatic carbocycles. The highest BCUT2D eigenvalue weighted by Crippen LogP contribution is 2.60. The van der Waals surface area contributed by atoms with Crippen molar-refractivity contribution in [3.8, 4) is 0 Å². The second-order valence-electron chi connectivity index (χ2n) is 8.64. The van der Waals surface area contributed by atoms with E-state index in [9.17, 15) is 13.2 Å². The van der Waals surface area contributed by atoms with Crippen LogP contribution in [0.2, 0.25) is 0 Å². The Balaban J connectivity index is 1.45. The minimum Gasteiger partial charge on any atom is -0.342 e. The Morgan fingerprint density at radius 1 is 1.00 bits per heavy atom. The lowest BCUT2D eigenvalue weighted by Crippen LogP contribution is -2.56. The molecule has 1 saturated heterocycles. The molecule has 0 aromatic heterocycles. The van der Waals surface area contributed by atoms with Crippen molar-refractivity contribution in [1.29, 1.82) is 0 Å². The van der Waals surface area contributed by atoms with E-state index in [0.29, 0.717) is 31.8 Å². The molecule has 5 fully saturated rings. The van der Waals surface area contributed by atoms with Gasteiger partial charge in [0, 0.05) is 18.8 Å². The fraction of sp³-hybridized carbons (Fsp3) is 0.944. The summed E-state index contributed by atoms with van der Waals surface area (Å²) < 4.78 is 24.1. The van der Waals surface area contributed by atoms with E-state index in [-0.39, 0.29) is 16.4 Å². The highest BCUT2D eigenvalue weighted by atomic mass is 32.2. The molecule has 4 nitrogen and oxygen atoms in total. The summed E-state index contributed by atoms with van der Waals surface area (Å²) in [6.07, 6.45) is 8.62. The summed E-state index contributed by atoms with van der Waals surface area (Å²) in [4.78, 5) is 15.3. The fourth-order valence-electron chi connectivity index (χ4n) is 6.36. The minimum absolute atomic E-state index is 0.0782. The van der Waals surface area contributed by atoms with Crippen molar-refractivity contribution in [3.05, 3.63) is 0 Å². The van der Waals surface area contributed by atoms with Crippen LogP contribution in [0.25, 0.3) is 0 Å². The first-order chi connectivity index (χ1) is 10.9. The molecule has 1 amide bonds. The van der Waals surface area contributed by atoms with Gasteiger partial charge in [0.05, 0.1) is 10.7 Å². The maximum absolute atomic E-state index is 13.3. The molecule has 4 bridgehead atoms. The van der Waals surface area contributed by atoms with Crippen molar-refractivity contribution in [2.24, 2.45) is 23.2 Å². The number of likely N-dealkylation sites (tertiary alicyclic amines) is 1. The van der Waals surface area contributed by atoms with Crippen molar-refractivity contribution < 1.29 is 13.2 Å². The van der Waals surface area contributed by atoms with Gasteiger partial charge >= 0.3 is 0 Å². The van der Waals surface area contributed by atoms with Crippen molar-refractivity contribution >= 4 is 15.7 Å². The first kappa shape index (κ1) is 15.9. The van der Waals surface area contributed by atoms with Gasteiger partial charge in [-0.05, 0) is 69.1 Å². The molecule has 1 heterocycles. The van der Waals surface area contributed by atoms with E-state index >= 15 is 0 Å². The van der Waals surface area contributed by atoms with E-state index in [1.165, 1.54) is 19.3 Å². The maximum atomic E-state index is 13.3. The molecule has 5 aliphatic rings. The van der Waals surface area contributed by atoms with Crippen LogP contribution in [0, 0.1) is 23.2 Å². The smallest absolute Gasteiger partial charge is 0.228 e. The second kappa shape index (κ2) is 5.47. The third kappa shape index (κ3) is 2.63. The molecule has 4 saturated carbocycles. The zero-order valence-corrected chi connectivity index (χ0v) is 15.0. The topological polar surface area (TPSA) is 54.5 Å². The first-order valence-electron chi connectivity index (χ1n) is 9.43. The Morgan fingerprint density at radius 3 is 1.91 bits per heavy atom. The predicted molar refractivity (Wildman–Crippen MR) is 89.7 cm³/mol. The average molecular weight is 340 g/mol. The zero-order chi connectivity index (χ0) is 16.2. The van der Waals surface area contributed by atoms with Crippen LogP contribution in [0.3, 0.4) is 0 Å². The molecule has 130 valence electrons. The number of sulfone groups is 1. The molecule has 0 aromatic rings. The lowest BCUT2D eigenvalue weighted by molar-refractivity contribution is -0.158. The zero-order valence-electron chi connectivity index (χ0n) is 14.2. The maximum Gasteiger partial charge on any atom is 0.228 e. The minimum atomic E-state index is -2.95. The number of hydrogen-bond acceptors (Lipinski definition) is 3. The van der Waals surface area contributed by atoms with Crippen molar-refractivity contribution in [3.63, 3.8) is 0 Å². The lowest BCUT2D eigenvalue weighted by atomic mass is 9.49. The highest BCUT2D eigenvalue weighted by molar-refractivity contribution is 7.92. The van der Waals surface area contributed by atoms with Gasteiger partial charge in [-0.15, -0.1) is 0 Å². The Labute approximate surface area is 139 Å². The molecule has 0 aromatic carbocycles. The summed E-state index contributed by atoms with van der Waals surface area (Å²) in [7, 11) is -2.95. The van der Waals surface area contributed by atoms with Gasteiger partial charge in [-0.25, -0.2) is 8.42 Å². The summed E-state index contributed by atoms with van der Waals surface area (Å²) in [5, 5.41) is -0.229. The standard InChI is InChI=1S/C18H29NO3S/c1-2-23(21,22)16-3-5-19(6-4-16)17(20)18-10-13-7-14(11-18)9-15(8-13)12-18/h13-16H,2-12H2,1H3. The number of hydrogen-bond donors (Lipinski definition) is 0. The molecule has 23 heavy (non-hydrogen) atoms. The van der Waals surface area contributed by atoms with Crippen molar-refractivity contribution in [2.45, 2.75) is 63.5 Å². The number of carbonyl (C=O) groups excluding carboxylic acids is 1. The van der Waals surface area contributed by atoms with Gasteiger partial charge in [-0.3, -0.25) is 4.79 Å². The summed E-state index contributed by atoms with van der Waals surface area (Å²) in [6, 6.07) is 0. The molecule has 1 aliphatic heterocycles. The average Bonchev–Trinajstić information content (AvgIpc) is 2.53. The molecule has 0 radical (unpaired) electrons. The van der Waals surface area contributed by atoms with Gasteiger partial charge in [-0.2, -0.15) is 0 Å². The molecule has 5 heteroatoms. The Morgan fingerprint density at radius 2 is 1.48 bits per heavy atom. The molecule has 0 N–H and O–H groups in total. The molecule has 0 atom stereocenters. The summed E-state index contributed by atoms with van der Waals surface area (Å²) in [6.45, 7) is 3.01. The van der Waals surface area contributed by atoms with E-state index in [4.69, 9.17) is 0 Å². The van der Waals surface area contributed by atoms with Gasteiger partial charge < -0.3 is 4.90 Å². The highest BCUT2D eigenvalue weighted by Gasteiger charge is 2.55. The fourth-order valence-corrected chi connectivity index (χ4v) is 7.76. The third-order valence-electron chi connectivity index (χ3n) is 7.13. The normalized spacial score (nSPS) is 40.6. The van der Waals surface area contributed by atoms with Crippen LogP contribution in [0.1, 0.15) is 58.3 Å². The number of amides is 1. The summed E-state index contributed by atoms with van der Waals surface area (Å²) in [5.41, 5.74) is -0.0782. The molecule has 0 unspecified atom stereocenters. The number of piperidine rings is 1. The van der Waals surface area contributed by atoms with Gasteiger partial charge in [0.1, 0.15) is 0 Å². The van der Waals surface area contributed by atoms with Gasteiger partial charge in [0.25, 0.3) is 0 Å². The van der Waals surface area contributed by atoms with Crippen molar-refractivity contribution in [2.75, 3.05) is 18.8 Å². The van der Waals surface area contributed by atoms with E-state index in [0.717, 1.165) is 37.0 Å². The first-order valence-corrected chi connectivity index (χ1v) is 11.1. The van der Waals surface area contributed by atoms with Gasteiger partial charge in [0.2, 0.25) is 5.91 Å². The number of carbonyl (C=O) groups is 1. The SMILES string of the molecule is CCS(=O)(=O)C1CCN(C(=O)C23CC4CC(CC(C4)C2)C3)CC1. The van der Waals surface area contributed by atoms with Crippen LogP contribution in [0.4, 0.5) is 0 Å². The van der Waals surface area contributed by atoms with E-state index in [1.54, 1.807) is 6.92 Å². The van der Waals surface area contributed by atoms with E-state index in [2.05, 4.69) is 0 Å². The van der Waals surface area contributed by atoms with Crippen LogP contribution in [0.5, 0.6) is 0 Å². The Bertz CT molecular complexity index is 554. The van der Waals surface area contributed by atoms with Gasteiger partial charge in [-0.1, -0.05) is 6.92 Å². The molecular weight excluding hydrogens is 310 g/mol. The Hall–Kier alpha value is -0.580. The predicted octanol–water partition coefficient (Wildman–Crippen LogP) is 2.63. The third-order valence-corrected chi connectivity index (χ3v) is 9.42. The second-order valence-corrected chi connectivity index (χ2v) is 11.2. The van der Waals surface area contributed by atoms with E-state index in [1.807, 2.05) is 4.90 Å². The summed E-state index contributed by atoms with van der Waals surface area (Å²) >= 11 is 0. The Kier molecular flexibility index (Phi) is 3.78. The number of rotatable bonds is 3. The van der Waals surface area contributed by atoms with Crippen LogP contribution < -0.4 is 0 Å². The summed E-state index contributed by atoms with van der Waals surface area (Å²) in [5.74, 6) is 2.93. The van der Waals surface area contributed by atoms with Crippen LogP contribution in [0.15, 0.2) is 0 Å². The quantitative estimate of drug-likeness (QED) is 0.794. The monoisotopic (exact) mass is 339 g/mol. The lowest BCUT2D eigenvalue weighted by Gasteiger charge is -2.57. The number of nitrogens with zero attached hydrogens (tertiary/aromatic N) is 1. The van der Waals surface area contributed by atoms with Crippen molar-refractivity contribution in [1.82, 2.24) is 4.90 Å². The van der Waals surface area contributed by atoms with Crippen LogP contribution >= 0.6 is 0 Å². The van der Waals surface area contributed by atoms with E-state index < -0.39 is 9.84 Å². The molecule has 5 rings (SSSR count).